The number of rotatable bonds is 13. The number of carbonyl (C=O) groups is 1. The molecule has 1 atom stereocenters. The zero-order valence-corrected chi connectivity index (χ0v) is 35.4. The number of hydrogen-bond donors (Lipinski definition) is 3. The van der Waals surface area contributed by atoms with Gasteiger partial charge in [0, 0.05) is 80.8 Å². The van der Waals surface area contributed by atoms with Crippen molar-refractivity contribution >= 4 is 62.5 Å². The summed E-state index contributed by atoms with van der Waals surface area (Å²) in [6, 6.07) is 21.6. The first kappa shape index (κ1) is 41.6. The lowest BCUT2D eigenvalue weighted by Gasteiger charge is -2.39. The van der Waals surface area contributed by atoms with E-state index >= 15 is 0 Å². The van der Waals surface area contributed by atoms with Crippen molar-refractivity contribution in [1.29, 1.82) is 0 Å². The number of nitro benzene ring substituents is 1. The van der Waals surface area contributed by atoms with Gasteiger partial charge in [-0.1, -0.05) is 43.2 Å². The summed E-state index contributed by atoms with van der Waals surface area (Å²) in [6.07, 6.45) is 8.38. The Bertz CT molecular complexity index is 2370. The molecule has 15 heteroatoms. The quantitative estimate of drug-likeness (QED) is 0.0593. The van der Waals surface area contributed by atoms with E-state index in [0.717, 1.165) is 80.9 Å². The molecule has 2 fully saturated rings. The van der Waals surface area contributed by atoms with Gasteiger partial charge in [-0.15, -0.1) is 0 Å². The lowest BCUT2D eigenvalue weighted by molar-refractivity contribution is -0.384. The second kappa shape index (κ2) is 18.2. The fourth-order valence-electron chi connectivity index (χ4n) is 8.31. The average Bonchev–Trinajstić information content (AvgIpc) is 3.72. The highest BCUT2D eigenvalue weighted by atomic mass is 35.5. The van der Waals surface area contributed by atoms with Crippen LogP contribution in [-0.2, 0) is 16.1 Å². The molecule has 1 aliphatic carbocycles. The van der Waals surface area contributed by atoms with Crippen LogP contribution in [0.3, 0.4) is 0 Å². The van der Waals surface area contributed by atoms with Crippen LogP contribution < -0.4 is 19.7 Å². The highest BCUT2D eigenvalue weighted by Crippen LogP contribution is 2.43. The molecule has 0 bridgehead atoms. The zero-order valence-electron chi connectivity index (χ0n) is 33.9. The number of benzene rings is 3. The smallest absolute Gasteiger partial charge is 0.297 e. The number of amides is 1. The van der Waals surface area contributed by atoms with Crippen molar-refractivity contribution < 1.29 is 23.7 Å². The normalized spacial score (nSPS) is 18.0. The molecule has 2 aromatic heterocycles. The van der Waals surface area contributed by atoms with E-state index in [1.807, 2.05) is 36.4 Å². The van der Waals surface area contributed by atoms with E-state index < -0.39 is 22.2 Å². The molecule has 1 unspecified atom stereocenters. The van der Waals surface area contributed by atoms with Gasteiger partial charge in [0.05, 0.1) is 22.7 Å². The first-order valence-electron chi connectivity index (χ1n) is 20.5. The molecule has 314 valence electrons. The largest absolute Gasteiger partial charge is 0.588 e. The molecule has 3 N–H and O–H groups in total. The number of pyridine rings is 1. The molecule has 2 aliphatic heterocycles. The molecule has 0 saturated carbocycles. The molecule has 3 aromatic carbocycles. The van der Waals surface area contributed by atoms with Crippen molar-refractivity contribution in [1.82, 2.24) is 19.6 Å². The van der Waals surface area contributed by atoms with Crippen LogP contribution in [0.2, 0.25) is 5.02 Å². The highest BCUT2D eigenvalue weighted by molar-refractivity contribution is 7.90. The number of aromatic nitrogens is 2. The lowest BCUT2D eigenvalue weighted by Crippen LogP contribution is -2.47. The maximum absolute atomic E-state index is 13.9. The number of aromatic amines is 1. The van der Waals surface area contributed by atoms with Crippen molar-refractivity contribution in [3.8, 4) is 11.5 Å². The number of anilines is 2. The van der Waals surface area contributed by atoms with Crippen molar-refractivity contribution in [3.05, 3.63) is 117 Å². The molecule has 2 saturated heterocycles. The summed E-state index contributed by atoms with van der Waals surface area (Å²) in [5.41, 5.74) is 6.28. The summed E-state index contributed by atoms with van der Waals surface area (Å²) in [5.74, 6) is 0.383. The molecule has 0 radical (unpaired) electrons. The van der Waals surface area contributed by atoms with Gasteiger partial charge in [-0.05, 0) is 103 Å². The van der Waals surface area contributed by atoms with E-state index in [1.165, 1.54) is 34.9 Å². The Balaban J connectivity index is 0.983. The molecule has 4 heterocycles. The van der Waals surface area contributed by atoms with E-state index in [4.69, 9.17) is 21.1 Å². The van der Waals surface area contributed by atoms with Crippen LogP contribution in [0.15, 0.2) is 95.7 Å². The molecule has 8 rings (SSSR count). The Morgan fingerprint density at radius 2 is 1.83 bits per heavy atom. The minimum absolute atomic E-state index is 0.0960. The predicted octanol–water partition coefficient (Wildman–Crippen LogP) is 8.99. The van der Waals surface area contributed by atoms with E-state index in [-0.39, 0.29) is 27.3 Å². The minimum Gasteiger partial charge on any atom is -0.588 e. The van der Waals surface area contributed by atoms with Gasteiger partial charge in [0.15, 0.2) is 4.90 Å². The number of H-pyrrole nitrogens is 1. The summed E-state index contributed by atoms with van der Waals surface area (Å²) in [5, 5.41) is 16.8. The summed E-state index contributed by atoms with van der Waals surface area (Å²) in [7, 11) is 0. The number of carbonyl (C=O) groups excluding carboxylic acids is 1. The van der Waals surface area contributed by atoms with Gasteiger partial charge in [-0.2, -0.15) is 4.72 Å². The Morgan fingerprint density at radius 1 is 1.05 bits per heavy atom. The van der Waals surface area contributed by atoms with E-state index in [1.54, 1.807) is 18.5 Å². The molecule has 1 amide bonds. The fraction of sp³-hybridized carbons (Fsp3) is 0.378. The second-order valence-corrected chi connectivity index (χ2v) is 18.3. The van der Waals surface area contributed by atoms with Gasteiger partial charge in [0.1, 0.15) is 34.2 Å². The molecule has 13 nitrogen and oxygen atoms in total. The van der Waals surface area contributed by atoms with Gasteiger partial charge in [0.2, 0.25) is 0 Å². The van der Waals surface area contributed by atoms with Crippen LogP contribution in [0.4, 0.5) is 17.1 Å². The third-order valence-electron chi connectivity index (χ3n) is 11.8. The van der Waals surface area contributed by atoms with Crippen LogP contribution in [0.25, 0.3) is 16.6 Å². The number of halogens is 1. The first-order chi connectivity index (χ1) is 29.0. The van der Waals surface area contributed by atoms with Crippen molar-refractivity contribution in [2.45, 2.75) is 50.8 Å². The third kappa shape index (κ3) is 9.90. The van der Waals surface area contributed by atoms with Crippen LogP contribution in [0.1, 0.15) is 61.9 Å². The van der Waals surface area contributed by atoms with Crippen LogP contribution >= 0.6 is 11.6 Å². The van der Waals surface area contributed by atoms with Gasteiger partial charge in [0.25, 0.3) is 11.6 Å². The monoisotopic (exact) mass is 851 g/mol. The fourth-order valence-corrected chi connectivity index (χ4v) is 9.24. The molecular weight excluding hydrogens is 802 g/mol. The Kier molecular flexibility index (Phi) is 12.7. The number of nitrogens with zero attached hydrogens (tertiary/aromatic N) is 4. The van der Waals surface area contributed by atoms with Gasteiger partial charge < -0.3 is 29.2 Å². The maximum atomic E-state index is 13.9. The number of hydrogen-bond acceptors (Lipinski definition) is 10. The summed E-state index contributed by atoms with van der Waals surface area (Å²) >= 11 is 4.14. The zero-order chi connectivity index (χ0) is 41.8. The number of fused-ring (bicyclic) bond motifs is 1. The Morgan fingerprint density at radius 3 is 2.60 bits per heavy atom. The molecule has 0 spiro atoms. The second-order valence-electron chi connectivity index (χ2n) is 16.6. The van der Waals surface area contributed by atoms with E-state index in [0.29, 0.717) is 42.8 Å². The Labute approximate surface area is 357 Å². The molecule has 60 heavy (non-hydrogen) atoms. The summed E-state index contributed by atoms with van der Waals surface area (Å²) in [6.45, 7) is 10.8. The standard InChI is InChI=1S/C45H50ClN7O6S/c1-45(2)15-11-33(39(26-45)31-3-5-34(46)6-4-31)29-51-17-19-52(20-18-51)35-7-9-38(42(24-35)59-36-23-32-12-16-47-43(32)49-28-36)44(54)50-60(57)37-8-10-40(41(25-37)53(55)56)48-27-30-13-21-58-22-14-30/h3-10,12,16,23-25,28,30,48H,11,13-15,17-22,26-27,29H2,1-2H3,(H,47,49)(H,50,54). The third-order valence-corrected chi connectivity index (χ3v) is 13.1. The maximum Gasteiger partial charge on any atom is 0.297 e. The van der Waals surface area contributed by atoms with Crippen molar-refractivity contribution in [3.63, 3.8) is 0 Å². The predicted molar refractivity (Wildman–Crippen MR) is 236 cm³/mol. The molecule has 5 aromatic rings. The molecule has 3 aliphatic rings. The average molecular weight is 852 g/mol. The van der Waals surface area contributed by atoms with Crippen molar-refractivity contribution in [2.24, 2.45) is 11.3 Å². The van der Waals surface area contributed by atoms with E-state index in [2.05, 4.69) is 55.8 Å². The van der Waals surface area contributed by atoms with Crippen LogP contribution in [0.5, 0.6) is 11.5 Å². The number of nitrogens with one attached hydrogen (secondary N) is 3. The topological polar surface area (TPSA) is 161 Å². The number of piperazine rings is 1. The van der Waals surface area contributed by atoms with Crippen LogP contribution in [0, 0.1) is 21.4 Å². The number of ether oxygens (including phenoxy) is 2. The van der Waals surface area contributed by atoms with E-state index in [9.17, 15) is 19.5 Å². The molecular formula is C45H50ClN7O6S. The summed E-state index contributed by atoms with van der Waals surface area (Å²) in [4.78, 5) is 37.9. The van der Waals surface area contributed by atoms with Gasteiger partial charge in [-0.3, -0.25) is 19.8 Å². The highest BCUT2D eigenvalue weighted by Gasteiger charge is 2.30. The summed E-state index contributed by atoms with van der Waals surface area (Å²) < 4.78 is 27.9. The number of allylic oxidation sites excluding steroid dienone is 1. The lowest BCUT2D eigenvalue weighted by atomic mass is 9.72. The number of nitro groups is 1. The van der Waals surface area contributed by atoms with Gasteiger partial charge in [-0.25, -0.2) is 4.98 Å². The minimum atomic E-state index is -2.11. The van der Waals surface area contributed by atoms with Crippen molar-refractivity contribution in [2.75, 3.05) is 62.7 Å². The Hall–Kier alpha value is -5.12. The van der Waals surface area contributed by atoms with Crippen LogP contribution in [-0.4, -0.2) is 82.7 Å². The SMILES string of the molecule is CC1(C)CCC(CN2CCN(c3ccc(C(=O)N[S+]([O-])c4ccc(NCC5CCOCC5)c([N+](=O)[O-])c4)c(Oc4cnc5[nH]ccc5c4)c3)CC2)=C(c2ccc(Cl)cc2)C1. The van der Waals surface area contributed by atoms with Gasteiger partial charge >= 0.3 is 0 Å². The first-order valence-corrected chi connectivity index (χ1v) is 22.0.